The molecule has 2 heterocycles. The topological polar surface area (TPSA) is 80.0 Å². The molecule has 3 rings (SSSR count). The van der Waals surface area contributed by atoms with Gasteiger partial charge in [0, 0.05) is 25.9 Å². The highest BCUT2D eigenvalue weighted by Crippen LogP contribution is 2.29. The Hall–Kier alpha value is -1.43. The molecule has 1 aliphatic carbocycles. The van der Waals surface area contributed by atoms with Gasteiger partial charge < -0.3 is 15.0 Å². The van der Waals surface area contributed by atoms with Crippen LogP contribution in [0.5, 0.6) is 0 Å². The van der Waals surface area contributed by atoms with Crippen molar-refractivity contribution in [3.8, 4) is 0 Å². The predicted octanol–water partition coefficient (Wildman–Crippen LogP) is 1.36. The van der Waals surface area contributed by atoms with Gasteiger partial charge in [-0.2, -0.15) is 0 Å². The molecule has 1 amide bonds. The van der Waals surface area contributed by atoms with E-state index >= 15 is 0 Å². The molecule has 0 spiro atoms. The Balaban J connectivity index is 1.45. The third kappa shape index (κ3) is 3.32. The van der Waals surface area contributed by atoms with Gasteiger partial charge in [0.25, 0.3) is 5.91 Å². The van der Waals surface area contributed by atoms with Gasteiger partial charge >= 0.3 is 0 Å². The zero-order valence-corrected chi connectivity index (χ0v) is 13.2. The van der Waals surface area contributed by atoms with Crippen LogP contribution < -0.4 is 5.32 Å². The lowest BCUT2D eigenvalue weighted by molar-refractivity contribution is -0.139. The van der Waals surface area contributed by atoms with Crippen LogP contribution in [-0.2, 0) is 24.2 Å². The van der Waals surface area contributed by atoms with E-state index in [1.54, 1.807) is 0 Å². The number of fused-ring (bicyclic) bond motifs is 1. The Morgan fingerprint density at radius 3 is 2.82 bits per heavy atom. The molecule has 2 aliphatic rings. The first-order valence-electron chi connectivity index (χ1n) is 8.61. The van der Waals surface area contributed by atoms with E-state index in [1.807, 2.05) is 0 Å². The lowest BCUT2D eigenvalue weighted by Crippen LogP contribution is -2.45. The zero-order valence-electron chi connectivity index (χ0n) is 13.2. The smallest absolute Gasteiger partial charge is 0.251 e. The van der Waals surface area contributed by atoms with Gasteiger partial charge in [-0.25, -0.2) is 0 Å². The molecule has 122 valence electrons. The third-order valence-electron chi connectivity index (χ3n) is 4.90. The van der Waals surface area contributed by atoms with Crippen LogP contribution >= 0.6 is 0 Å². The van der Waals surface area contributed by atoms with Crippen LogP contribution in [0.1, 0.15) is 63.0 Å². The van der Waals surface area contributed by atoms with Crippen LogP contribution in [0.3, 0.4) is 0 Å². The monoisotopic (exact) mass is 306 g/mol. The summed E-state index contributed by atoms with van der Waals surface area (Å²) in [6.45, 7) is 1.60. The van der Waals surface area contributed by atoms with Crippen molar-refractivity contribution in [2.45, 2.75) is 76.4 Å². The second-order valence-electron chi connectivity index (χ2n) is 6.59. The van der Waals surface area contributed by atoms with E-state index in [2.05, 4.69) is 20.1 Å². The standard InChI is InChI=1S/C16H26N4O2/c21-15(16(22)9-3-4-10-16)17-11-6-8-14-19-18-13-7-2-1-5-12-20(13)14/h22H,1-12H2,(H,17,21). The molecule has 0 bridgehead atoms. The molecular formula is C16H26N4O2. The second kappa shape index (κ2) is 6.77. The molecule has 1 aromatic heterocycles. The summed E-state index contributed by atoms with van der Waals surface area (Å²) in [6.07, 6.45) is 9.41. The Bertz CT molecular complexity index is 520. The van der Waals surface area contributed by atoms with E-state index in [-0.39, 0.29) is 5.91 Å². The number of aryl methyl sites for hydroxylation is 2. The number of nitrogens with zero attached hydrogens (tertiary/aromatic N) is 3. The number of aliphatic hydroxyl groups is 1. The highest BCUT2D eigenvalue weighted by molar-refractivity contribution is 5.85. The first kappa shape index (κ1) is 15.5. The van der Waals surface area contributed by atoms with E-state index in [0.717, 1.165) is 50.3 Å². The lowest BCUT2D eigenvalue weighted by atomic mass is 10.0. The van der Waals surface area contributed by atoms with Gasteiger partial charge in [-0.1, -0.05) is 6.42 Å². The SMILES string of the molecule is O=C(NCCCc1nnc2n1CCCCC2)C1(O)CCCC1. The van der Waals surface area contributed by atoms with E-state index < -0.39 is 5.60 Å². The number of carbonyl (C=O) groups excluding carboxylic acids is 1. The summed E-state index contributed by atoms with van der Waals surface area (Å²) in [7, 11) is 0. The van der Waals surface area contributed by atoms with Crippen molar-refractivity contribution in [2.24, 2.45) is 0 Å². The second-order valence-corrected chi connectivity index (χ2v) is 6.59. The van der Waals surface area contributed by atoms with E-state index in [1.165, 1.54) is 19.3 Å². The van der Waals surface area contributed by atoms with Crippen molar-refractivity contribution in [3.63, 3.8) is 0 Å². The number of rotatable bonds is 5. The lowest BCUT2D eigenvalue weighted by Gasteiger charge is -2.20. The average molecular weight is 306 g/mol. The highest BCUT2D eigenvalue weighted by Gasteiger charge is 2.38. The number of aromatic nitrogens is 3. The first-order chi connectivity index (χ1) is 10.7. The van der Waals surface area contributed by atoms with Gasteiger partial charge in [-0.05, 0) is 44.9 Å². The third-order valence-corrected chi connectivity index (χ3v) is 4.90. The Kier molecular flexibility index (Phi) is 4.76. The molecule has 0 saturated heterocycles. The summed E-state index contributed by atoms with van der Waals surface area (Å²) in [5.74, 6) is 1.94. The van der Waals surface area contributed by atoms with E-state index in [9.17, 15) is 9.90 Å². The number of hydrogen-bond donors (Lipinski definition) is 2. The Morgan fingerprint density at radius 1 is 1.18 bits per heavy atom. The van der Waals surface area contributed by atoms with Crippen molar-refractivity contribution < 1.29 is 9.90 Å². The fourth-order valence-corrected chi connectivity index (χ4v) is 3.53. The predicted molar refractivity (Wildman–Crippen MR) is 82.3 cm³/mol. The molecule has 2 N–H and O–H groups in total. The van der Waals surface area contributed by atoms with Gasteiger partial charge in [0.2, 0.25) is 0 Å². The summed E-state index contributed by atoms with van der Waals surface area (Å²) < 4.78 is 2.25. The summed E-state index contributed by atoms with van der Waals surface area (Å²) >= 11 is 0. The van der Waals surface area contributed by atoms with Crippen molar-refractivity contribution in [1.82, 2.24) is 20.1 Å². The fraction of sp³-hybridized carbons (Fsp3) is 0.812. The molecule has 0 atom stereocenters. The van der Waals surface area contributed by atoms with Crippen LogP contribution in [0.2, 0.25) is 0 Å². The van der Waals surface area contributed by atoms with Crippen LogP contribution in [0, 0.1) is 0 Å². The van der Waals surface area contributed by atoms with Crippen LogP contribution in [0.4, 0.5) is 0 Å². The Morgan fingerprint density at radius 2 is 2.00 bits per heavy atom. The first-order valence-corrected chi connectivity index (χ1v) is 8.61. The maximum absolute atomic E-state index is 12.0. The summed E-state index contributed by atoms with van der Waals surface area (Å²) in [6, 6.07) is 0. The highest BCUT2D eigenvalue weighted by atomic mass is 16.3. The molecule has 1 aliphatic heterocycles. The maximum Gasteiger partial charge on any atom is 0.251 e. The van der Waals surface area contributed by atoms with Gasteiger partial charge in [-0.3, -0.25) is 4.79 Å². The maximum atomic E-state index is 12.0. The summed E-state index contributed by atoms with van der Waals surface area (Å²) in [4.78, 5) is 12.0. The quantitative estimate of drug-likeness (QED) is 0.805. The number of nitrogens with one attached hydrogen (secondary N) is 1. The molecule has 1 saturated carbocycles. The summed E-state index contributed by atoms with van der Waals surface area (Å²) in [5, 5.41) is 21.7. The number of hydrogen-bond acceptors (Lipinski definition) is 4. The van der Waals surface area contributed by atoms with Gasteiger partial charge in [0.1, 0.15) is 17.2 Å². The summed E-state index contributed by atoms with van der Waals surface area (Å²) in [5.41, 5.74) is -1.12. The van der Waals surface area contributed by atoms with Crippen LogP contribution in [-0.4, -0.2) is 37.9 Å². The minimum atomic E-state index is -1.12. The van der Waals surface area contributed by atoms with Gasteiger partial charge in [-0.15, -0.1) is 10.2 Å². The van der Waals surface area contributed by atoms with E-state index in [4.69, 9.17) is 0 Å². The minimum absolute atomic E-state index is 0.204. The van der Waals surface area contributed by atoms with Crippen LogP contribution in [0.25, 0.3) is 0 Å². The van der Waals surface area contributed by atoms with Gasteiger partial charge in [0.15, 0.2) is 0 Å². The van der Waals surface area contributed by atoms with Crippen molar-refractivity contribution in [2.75, 3.05) is 6.54 Å². The fourth-order valence-electron chi connectivity index (χ4n) is 3.53. The van der Waals surface area contributed by atoms with Crippen molar-refractivity contribution in [3.05, 3.63) is 11.6 Å². The van der Waals surface area contributed by atoms with Crippen molar-refractivity contribution in [1.29, 1.82) is 0 Å². The molecule has 1 fully saturated rings. The molecule has 0 unspecified atom stereocenters. The molecule has 22 heavy (non-hydrogen) atoms. The molecule has 1 aromatic rings. The largest absolute Gasteiger partial charge is 0.380 e. The van der Waals surface area contributed by atoms with Crippen molar-refractivity contribution >= 4 is 5.91 Å². The number of amides is 1. The molecule has 6 heteroatoms. The average Bonchev–Trinajstić information content (AvgIpc) is 3.04. The normalized spacial score (nSPS) is 20.4. The molecule has 6 nitrogen and oxygen atoms in total. The zero-order chi connectivity index (χ0) is 15.4. The Labute approximate surface area is 131 Å². The molecule has 0 aromatic carbocycles. The van der Waals surface area contributed by atoms with Crippen LogP contribution in [0.15, 0.2) is 0 Å². The number of carbonyl (C=O) groups is 1. The molecule has 0 radical (unpaired) electrons. The minimum Gasteiger partial charge on any atom is -0.380 e. The van der Waals surface area contributed by atoms with Gasteiger partial charge in [0.05, 0.1) is 0 Å². The van der Waals surface area contributed by atoms with E-state index in [0.29, 0.717) is 19.4 Å². The molecular weight excluding hydrogens is 280 g/mol.